The molecular formula is C21H17Cl2F2N3O3. The van der Waals surface area contributed by atoms with Gasteiger partial charge in [0.25, 0.3) is 5.91 Å². The van der Waals surface area contributed by atoms with E-state index in [2.05, 4.69) is 15.0 Å². The summed E-state index contributed by atoms with van der Waals surface area (Å²) in [5.41, 5.74) is 7.35. The Bertz CT molecular complexity index is 1050. The number of carbonyl (C=O) groups excluding carboxylic acids is 1. The topological polar surface area (TPSA) is 86.5 Å². The summed E-state index contributed by atoms with van der Waals surface area (Å²) in [6.07, 6.45) is 1.32. The molecule has 0 saturated carbocycles. The summed E-state index contributed by atoms with van der Waals surface area (Å²) in [5, 5.41) is 3.59. The van der Waals surface area contributed by atoms with Crippen LogP contribution in [0.4, 0.5) is 14.6 Å². The lowest BCUT2D eigenvalue weighted by Gasteiger charge is -2.12. The highest BCUT2D eigenvalue weighted by molar-refractivity contribution is 6.35. The molecule has 1 amide bonds. The standard InChI is InChI=1S/C21H17Cl2F2N3O3/c22-16-2-1-3-17(23)15(16)11-30-18-8-13(10-27-19(18)26)20(29)28-9-12-4-6-14(7-5-12)31-21(24)25/h1-8,10,21H,9,11H2,(H2,26,27)(H,28,29). The molecule has 1 heterocycles. The molecule has 0 bridgehead atoms. The zero-order valence-electron chi connectivity index (χ0n) is 15.9. The molecule has 3 N–H and O–H groups in total. The highest BCUT2D eigenvalue weighted by atomic mass is 35.5. The van der Waals surface area contributed by atoms with Gasteiger partial charge in [-0.25, -0.2) is 4.98 Å². The maximum Gasteiger partial charge on any atom is 0.387 e. The highest BCUT2D eigenvalue weighted by Gasteiger charge is 2.13. The molecule has 0 spiro atoms. The molecule has 10 heteroatoms. The number of nitrogens with one attached hydrogen (secondary N) is 1. The van der Waals surface area contributed by atoms with Crippen molar-refractivity contribution in [3.05, 3.63) is 81.5 Å². The van der Waals surface area contributed by atoms with Crippen molar-refractivity contribution in [2.24, 2.45) is 0 Å². The summed E-state index contributed by atoms with van der Waals surface area (Å²) in [7, 11) is 0. The Morgan fingerprint density at radius 1 is 1.13 bits per heavy atom. The molecule has 0 aliphatic rings. The quantitative estimate of drug-likeness (QED) is 0.482. The number of ether oxygens (including phenoxy) is 2. The molecule has 0 atom stereocenters. The summed E-state index contributed by atoms with van der Waals surface area (Å²) in [5.74, 6) is -0.0688. The number of halogens is 4. The predicted octanol–water partition coefficient (Wildman–Crippen LogP) is 5.08. The van der Waals surface area contributed by atoms with Gasteiger partial charge in [0.2, 0.25) is 0 Å². The number of amides is 1. The second-order valence-corrected chi connectivity index (χ2v) is 7.12. The summed E-state index contributed by atoms with van der Waals surface area (Å²) in [4.78, 5) is 16.5. The Morgan fingerprint density at radius 2 is 1.81 bits per heavy atom. The molecular weight excluding hydrogens is 451 g/mol. The van der Waals surface area contributed by atoms with Gasteiger partial charge in [0, 0.05) is 28.4 Å². The van der Waals surface area contributed by atoms with E-state index in [1.807, 2.05) is 0 Å². The molecule has 3 aromatic rings. The van der Waals surface area contributed by atoms with E-state index in [1.54, 1.807) is 30.3 Å². The summed E-state index contributed by atoms with van der Waals surface area (Å²) >= 11 is 12.3. The third kappa shape index (κ3) is 6.19. The lowest BCUT2D eigenvalue weighted by atomic mass is 10.2. The number of hydrogen-bond donors (Lipinski definition) is 2. The number of nitrogen functional groups attached to an aromatic ring is 1. The number of hydrogen-bond acceptors (Lipinski definition) is 5. The van der Waals surface area contributed by atoms with Gasteiger partial charge in [0.05, 0.1) is 5.56 Å². The van der Waals surface area contributed by atoms with Gasteiger partial charge in [-0.3, -0.25) is 4.79 Å². The minimum absolute atomic E-state index is 0.0354. The number of nitrogens with zero attached hydrogens (tertiary/aromatic N) is 1. The number of nitrogens with two attached hydrogens (primary N) is 1. The average molecular weight is 468 g/mol. The van der Waals surface area contributed by atoms with E-state index in [1.165, 1.54) is 24.4 Å². The minimum Gasteiger partial charge on any atom is -0.485 e. The maximum atomic E-state index is 12.5. The summed E-state index contributed by atoms with van der Waals surface area (Å²) in [6, 6.07) is 12.5. The Labute approximate surface area is 186 Å². The summed E-state index contributed by atoms with van der Waals surface area (Å²) < 4.78 is 34.4. The molecule has 3 rings (SSSR count). The van der Waals surface area contributed by atoms with Crippen LogP contribution in [0.15, 0.2) is 54.7 Å². The fraction of sp³-hybridized carbons (Fsp3) is 0.143. The number of rotatable bonds is 8. The molecule has 1 aromatic heterocycles. The van der Waals surface area contributed by atoms with Gasteiger partial charge in [-0.2, -0.15) is 8.78 Å². The van der Waals surface area contributed by atoms with Crippen molar-refractivity contribution in [2.45, 2.75) is 19.8 Å². The van der Waals surface area contributed by atoms with Crippen LogP contribution < -0.4 is 20.5 Å². The number of anilines is 1. The second kappa shape index (κ2) is 10.3. The normalized spacial score (nSPS) is 10.7. The molecule has 0 fully saturated rings. The first kappa shape index (κ1) is 22.6. The molecule has 162 valence electrons. The van der Waals surface area contributed by atoms with Gasteiger partial charge < -0.3 is 20.5 Å². The van der Waals surface area contributed by atoms with E-state index in [0.717, 1.165) is 0 Å². The molecule has 0 saturated heterocycles. The van der Waals surface area contributed by atoms with Crippen molar-refractivity contribution >= 4 is 34.9 Å². The zero-order chi connectivity index (χ0) is 22.4. The van der Waals surface area contributed by atoms with Gasteiger partial charge in [0.15, 0.2) is 11.6 Å². The van der Waals surface area contributed by atoms with Crippen LogP contribution >= 0.6 is 23.2 Å². The Hall–Kier alpha value is -3.10. The van der Waals surface area contributed by atoms with Gasteiger partial charge in [0.1, 0.15) is 12.4 Å². The van der Waals surface area contributed by atoms with Gasteiger partial charge >= 0.3 is 6.61 Å². The molecule has 31 heavy (non-hydrogen) atoms. The molecule has 0 radical (unpaired) electrons. The molecule has 0 aliphatic heterocycles. The van der Waals surface area contributed by atoms with E-state index in [9.17, 15) is 13.6 Å². The first-order chi connectivity index (χ1) is 14.8. The molecule has 0 unspecified atom stereocenters. The third-order valence-electron chi connectivity index (χ3n) is 4.18. The van der Waals surface area contributed by atoms with Crippen molar-refractivity contribution in [3.8, 4) is 11.5 Å². The Morgan fingerprint density at radius 3 is 2.45 bits per heavy atom. The lowest BCUT2D eigenvalue weighted by Crippen LogP contribution is -2.23. The van der Waals surface area contributed by atoms with Crippen molar-refractivity contribution in [1.29, 1.82) is 0 Å². The SMILES string of the molecule is Nc1ncc(C(=O)NCc2ccc(OC(F)F)cc2)cc1OCc1c(Cl)cccc1Cl. The number of aromatic nitrogens is 1. The fourth-order valence-corrected chi connectivity index (χ4v) is 3.09. The van der Waals surface area contributed by atoms with Gasteiger partial charge in [-0.1, -0.05) is 41.4 Å². The van der Waals surface area contributed by atoms with Crippen LogP contribution in [0.3, 0.4) is 0 Å². The van der Waals surface area contributed by atoms with Crippen LogP contribution in [-0.4, -0.2) is 17.5 Å². The van der Waals surface area contributed by atoms with E-state index < -0.39 is 12.5 Å². The highest BCUT2D eigenvalue weighted by Crippen LogP contribution is 2.27. The average Bonchev–Trinajstić information content (AvgIpc) is 2.73. The maximum absolute atomic E-state index is 12.5. The van der Waals surface area contributed by atoms with Crippen molar-refractivity contribution < 1.29 is 23.0 Å². The van der Waals surface area contributed by atoms with E-state index in [4.69, 9.17) is 33.7 Å². The molecule has 0 aliphatic carbocycles. The monoisotopic (exact) mass is 467 g/mol. The van der Waals surface area contributed by atoms with Gasteiger partial charge in [-0.05, 0) is 35.9 Å². The molecule has 2 aromatic carbocycles. The third-order valence-corrected chi connectivity index (χ3v) is 4.89. The first-order valence-corrected chi connectivity index (χ1v) is 9.72. The predicted molar refractivity (Wildman–Crippen MR) is 114 cm³/mol. The smallest absolute Gasteiger partial charge is 0.387 e. The zero-order valence-corrected chi connectivity index (χ0v) is 17.5. The van der Waals surface area contributed by atoms with Crippen LogP contribution in [0, 0.1) is 0 Å². The second-order valence-electron chi connectivity index (χ2n) is 6.30. The van der Waals surface area contributed by atoms with Crippen molar-refractivity contribution in [1.82, 2.24) is 10.3 Å². The number of alkyl halides is 2. The van der Waals surface area contributed by atoms with Gasteiger partial charge in [-0.15, -0.1) is 0 Å². The van der Waals surface area contributed by atoms with Crippen LogP contribution in [0.25, 0.3) is 0 Å². The van der Waals surface area contributed by atoms with E-state index in [0.29, 0.717) is 21.2 Å². The number of pyridine rings is 1. The van der Waals surface area contributed by atoms with Crippen LogP contribution in [0.1, 0.15) is 21.5 Å². The van der Waals surface area contributed by atoms with E-state index in [-0.39, 0.29) is 36.0 Å². The number of benzene rings is 2. The first-order valence-electron chi connectivity index (χ1n) is 8.96. The Kier molecular flexibility index (Phi) is 7.49. The van der Waals surface area contributed by atoms with Crippen LogP contribution in [0.2, 0.25) is 10.0 Å². The number of carbonyl (C=O) groups is 1. The Balaban J connectivity index is 1.63. The van der Waals surface area contributed by atoms with Crippen molar-refractivity contribution in [2.75, 3.05) is 5.73 Å². The van der Waals surface area contributed by atoms with Crippen LogP contribution in [0.5, 0.6) is 11.5 Å². The summed E-state index contributed by atoms with van der Waals surface area (Å²) in [6.45, 7) is -2.68. The lowest BCUT2D eigenvalue weighted by molar-refractivity contribution is -0.0498. The minimum atomic E-state index is -2.89. The van der Waals surface area contributed by atoms with Crippen molar-refractivity contribution in [3.63, 3.8) is 0 Å². The molecule has 6 nitrogen and oxygen atoms in total. The van der Waals surface area contributed by atoms with E-state index >= 15 is 0 Å². The largest absolute Gasteiger partial charge is 0.485 e. The fourth-order valence-electron chi connectivity index (χ4n) is 2.59. The van der Waals surface area contributed by atoms with Crippen LogP contribution in [-0.2, 0) is 13.2 Å².